The second-order valence-electron chi connectivity index (χ2n) is 5.87. The van der Waals surface area contributed by atoms with Gasteiger partial charge in [0, 0.05) is 26.2 Å². The van der Waals surface area contributed by atoms with Gasteiger partial charge in [-0.1, -0.05) is 19.1 Å². The minimum Gasteiger partial charge on any atom is -0.494 e. The molecular weight excluding hydrogens is 417 g/mol. The van der Waals surface area contributed by atoms with Crippen LogP contribution in [-0.2, 0) is 6.42 Å². The molecule has 24 heavy (non-hydrogen) atoms. The van der Waals surface area contributed by atoms with E-state index in [0.29, 0.717) is 6.54 Å². The van der Waals surface area contributed by atoms with Crippen LogP contribution >= 0.6 is 24.0 Å². The first-order valence-electron chi connectivity index (χ1n) is 8.66. The van der Waals surface area contributed by atoms with E-state index in [-0.39, 0.29) is 30.1 Å². The van der Waals surface area contributed by atoms with Crippen molar-refractivity contribution < 1.29 is 9.84 Å². The van der Waals surface area contributed by atoms with E-state index in [1.807, 2.05) is 12.1 Å². The maximum Gasteiger partial charge on any atom is 0.194 e. The molecule has 1 aliphatic rings. The van der Waals surface area contributed by atoms with Crippen molar-refractivity contribution in [1.82, 2.24) is 10.2 Å². The number of hydrogen-bond acceptors (Lipinski definition) is 3. The third-order valence-electron chi connectivity index (χ3n) is 3.83. The molecule has 2 N–H and O–H groups in total. The first-order chi connectivity index (χ1) is 11.2. The number of aliphatic hydroxyl groups excluding tert-OH is 1. The molecule has 0 spiro atoms. The third kappa shape index (κ3) is 6.84. The first-order valence-corrected chi connectivity index (χ1v) is 8.66. The minimum absolute atomic E-state index is 0. The molecule has 0 unspecified atom stereocenters. The summed E-state index contributed by atoms with van der Waals surface area (Å²) in [5.41, 5.74) is 1.24. The molecule has 0 bridgehead atoms. The van der Waals surface area contributed by atoms with Gasteiger partial charge in [0.15, 0.2) is 5.96 Å². The quantitative estimate of drug-likeness (QED) is 0.384. The SMILES string of the molecule is CCCOc1cccc(CCN=C(NCC)N2CC[C@@H](O)C2)c1.I. The van der Waals surface area contributed by atoms with Crippen LogP contribution in [0.2, 0.25) is 0 Å². The predicted octanol–water partition coefficient (Wildman–Crippen LogP) is 2.67. The van der Waals surface area contributed by atoms with Crippen LogP contribution in [0, 0.1) is 0 Å². The van der Waals surface area contributed by atoms with Crippen molar-refractivity contribution in [3.63, 3.8) is 0 Å². The Kier molecular flexibility index (Phi) is 10.1. The Labute approximate surface area is 162 Å². The second-order valence-corrected chi connectivity index (χ2v) is 5.87. The van der Waals surface area contributed by atoms with Gasteiger partial charge in [0.25, 0.3) is 0 Å². The highest BCUT2D eigenvalue weighted by Crippen LogP contribution is 2.14. The van der Waals surface area contributed by atoms with Gasteiger partial charge in [-0.25, -0.2) is 0 Å². The molecule has 1 atom stereocenters. The van der Waals surface area contributed by atoms with Crippen LogP contribution < -0.4 is 10.1 Å². The summed E-state index contributed by atoms with van der Waals surface area (Å²) in [6.45, 7) is 8.04. The zero-order valence-electron chi connectivity index (χ0n) is 14.7. The van der Waals surface area contributed by atoms with Crippen molar-refractivity contribution in [2.75, 3.05) is 32.8 Å². The Bertz CT molecular complexity index is 511. The summed E-state index contributed by atoms with van der Waals surface area (Å²) in [6.07, 6.45) is 2.49. The third-order valence-corrected chi connectivity index (χ3v) is 3.83. The summed E-state index contributed by atoms with van der Waals surface area (Å²) in [5, 5.41) is 13.0. The van der Waals surface area contributed by atoms with Crippen LogP contribution in [0.25, 0.3) is 0 Å². The average molecular weight is 447 g/mol. The lowest BCUT2D eigenvalue weighted by Crippen LogP contribution is -2.40. The molecule has 0 saturated carbocycles. The van der Waals surface area contributed by atoms with Gasteiger partial charge in [0.2, 0.25) is 0 Å². The first kappa shape index (κ1) is 21.0. The Morgan fingerprint density at radius 2 is 2.25 bits per heavy atom. The average Bonchev–Trinajstić information content (AvgIpc) is 2.99. The van der Waals surface area contributed by atoms with Gasteiger partial charge in [-0.3, -0.25) is 4.99 Å². The number of benzene rings is 1. The Morgan fingerprint density at radius 1 is 1.42 bits per heavy atom. The summed E-state index contributed by atoms with van der Waals surface area (Å²) >= 11 is 0. The second kappa shape index (κ2) is 11.5. The number of guanidine groups is 1. The van der Waals surface area contributed by atoms with Crippen molar-refractivity contribution in [1.29, 1.82) is 0 Å². The largest absolute Gasteiger partial charge is 0.494 e. The van der Waals surface area contributed by atoms with Crippen LogP contribution in [0.3, 0.4) is 0 Å². The molecule has 5 nitrogen and oxygen atoms in total. The highest BCUT2D eigenvalue weighted by molar-refractivity contribution is 14.0. The topological polar surface area (TPSA) is 57.1 Å². The molecule has 2 rings (SSSR count). The zero-order valence-corrected chi connectivity index (χ0v) is 17.0. The Hall–Kier alpha value is -1.02. The summed E-state index contributed by atoms with van der Waals surface area (Å²) in [6, 6.07) is 8.24. The fraction of sp³-hybridized carbons (Fsp3) is 0.611. The van der Waals surface area contributed by atoms with E-state index >= 15 is 0 Å². The van der Waals surface area contributed by atoms with E-state index in [0.717, 1.165) is 57.2 Å². The van der Waals surface area contributed by atoms with Crippen molar-refractivity contribution >= 4 is 29.9 Å². The van der Waals surface area contributed by atoms with E-state index in [4.69, 9.17) is 9.73 Å². The van der Waals surface area contributed by atoms with Crippen LogP contribution in [-0.4, -0.2) is 54.9 Å². The van der Waals surface area contributed by atoms with E-state index in [9.17, 15) is 5.11 Å². The molecule has 0 aromatic heterocycles. The Balaban J connectivity index is 0.00000288. The van der Waals surface area contributed by atoms with Crippen LogP contribution in [0.5, 0.6) is 5.75 Å². The molecule has 0 radical (unpaired) electrons. The number of aliphatic imine (C=N–C) groups is 1. The number of β-amino-alcohol motifs (C(OH)–C–C–N with tert-alkyl or cyclic N) is 1. The highest BCUT2D eigenvalue weighted by atomic mass is 127. The summed E-state index contributed by atoms with van der Waals surface area (Å²) < 4.78 is 5.67. The van der Waals surface area contributed by atoms with Crippen LogP contribution in [0.15, 0.2) is 29.3 Å². The normalized spacial score (nSPS) is 17.5. The lowest BCUT2D eigenvalue weighted by molar-refractivity contribution is 0.188. The van der Waals surface area contributed by atoms with Gasteiger partial charge in [-0.2, -0.15) is 0 Å². The number of hydrogen-bond donors (Lipinski definition) is 2. The lowest BCUT2D eigenvalue weighted by atomic mass is 10.1. The van der Waals surface area contributed by atoms with Gasteiger partial charge in [-0.05, 0) is 43.9 Å². The molecule has 136 valence electrons. The smallest absolute Gasteiger partial charge is 0.194 e. The Morgan fingerprint density at radius 3 is 2.92 bits per heavy atom. The fourth-order valence-corrected chi connectivity index (χ4v) is 2.66. The molecular formula is C18H30IN3O2. The fourth-order valence-electron chi connectivity index (χ4n) is 2.66. The van der Waals surface area contributed by atoms with E-state index in [2.05, 4.69) is 36.2 Å². The molecule has 1 aromatic carbocycles. The molecule has 1 aromatic rings. The maximum atomic E-state index is 9.68. The van der Waals surface area contributed by atoms with Gasteiger partial charge in [-0.15, -0.1) is 24.0 Å². The van der Waals surface area contributed by atoms with Gasteiger partial charge >= 0.3 is 0 Å². The monoisotopic (exact) mass is 447 g/mol. The number of nitrogens with one attached hydrogen (secondary N) is 1. The summed E-state index contributed by atoms with van der Waals surface area (Å²) in [5.74, 6) is 1.84. The van der Waals surface area contributed by atoms with Crippen LogP contribution in [0.1, 0.15) is 32.3 Å². The van der Waals surface area contributed by atoms with E-state index in [1.165, 1.54) is 5.56 Å². The molecule has 1 fully saturated rings. The van der Waals surface area contributed by atoms with Crippen molar-refractivity contribution in [3.8, 4) is 5.75 Å². The predicted molar refractivity (Wildman–Crippen MR) is 110 cm³/mol. The number of aliphatic hydroxyl groups is 1. The minimum atomic E-state index is -0.230. The highest BCUT2D eigenvalue weighted by Gasteiger charge is 2.22. The molecule has 6 heteroatoms. The van der Waals surface area contributed by atoms with E-state index < -0.39 is 0 Å². The molecule has 1 saturated heterocycles. The van der Waals surface area contributed by atoms with Crippen molar-refractivity contribution in [3.05, 3.63) is 29.8 Å². The van der Waals surface area contributed by atoms with E-state index in [1.54, 1.807) is 0 Å². The van der Waals surface area contributed by atoms with Gasteiger partial charge in [0.1, 0.15) is 5.75 Å². The number of likely N-dealkylation sites (tertiary alicyclic amines) is 1. The summed E-state index contributed by atoms with van der Waals surface area (Å²) in [4.78, 5) is 6.83. The molecule has 0 aliphatic carbocycles. The number of halogens is 1. The van der Waals surface area contributed by atoms with Gasteiger partial charge in [0.05, 0.1) is 12.7 Å². The van der Waals surface area contributed by atoms with Crippen molar-refractivity contribution in [2.24, 2.45) is 4.99 Å². The van der Waals surface area contributed by atoms with Crippen molar-refractivity contribution in [2.45, 2.75) is 39.2 Å². The lowest BCUT2D eigenvalue weighted by Gasteiger charge is -2.20. The van der Waals surface area contributed by atoms with Crippen LogP contribution in [0.4, 0.5) is 0 Å². The van der Waals surface area contributed by atoms with Gasteiger partial charge < -0.3 is 20.1 Å². The maximum absolute atomic E-state index is 9.68. The molecule has 1 heterocycles. The number of nitrogens with zero attached hydrogens (tertiary/aromatic N) is 2. The molecule has 0 amide bonds. The number of ether oxygens (including phenoxy) is 1. The summed E-state index contributed by atoms with van der Waals surface area (Å²) in [7, 11) is 0. The standard InChI is InChI=1S/C18H29N3O2.HI/c1-3-12-23-17-7-5-6-15(13-17)8-10-20-18(19-4-2)21-11-9-16(22)14-21;/h5-7,13,16,22H,3-4,8-12,14H2,1-2H3,(H,19,20);1H/t16-;/m1./s1. The molecule has 1 aliphatic heterocycles. The zero-order chi connectivity index (χ0) is 16.5. The number of rotatable bonds is 7.